The fraction of sp³-hybridized carbons (Fsp3) is 0.643. The van der Waals surface area contributed by atoms with Crippen LogP contribution in [0.15, 0.2) is 12.3 Å². The molecule has 1 aromatic rings. The molecule has 0 saturated carbocycles. The van der Waals surface area contributed by atoms with Crippen LogP contribution in [0.25, 0.3) is 0 Å². The number of hydrogen-bond acceptors (Lipinski definition) is 4. The molecular weight excluding hydrogens is 298 g/mol. The Bertz CT molecular complexity index is 538. The Balaban J connectivity index is 2.17. The second-order valence-corrected chi connectivity index (χ2v) is 6.30. The minimum Gasteiger partial charge on any atom is -0.466 e. The molecule has 1 aliphatic heterocycles. The van der Waals surface area contributed by atoms with Gasteiger partial charge in [0.1, 0.15) is 0 Å². The number of alkyl halides is 2. The van der Waals surface area contributed by atoms with E-state index in [2.05, 4.69) is 4.98 Å². The summed E-state index contributed by atoms with van der Waals surface area (Å²) in [6.45, 7) is 8.64. The minimum atomic E-state index is -2.72. The second kappa shape index (κ2) is 5.74. The normalized spacial score (nSPS) is 21.2. The molecule has 8 heteroatoms. The highest BCUT2D eigenvalue weighted by Crippen LogP contribution is 2.36. The molecule has 22 heavy (non-hydrogen) atoms. The van der Waals surface area contributed by atoms with Gasteiger partial charge in [0.05, 0.1) is 11.2 Å². The molecule has 1 aromatic heterocycles. The summed E-state index contributed by atoms with van der Waals surface area (Å²) in [6.07, 6.45) is -2.85. The van der Waals surface area contributed by atoms with E-state index in [-0.39, 0.29) is 0 Å². The summed E-state index contributed by atoms with van der Waals surface area (Å²) in [6, 6.07) is 1.13. The molecule has 1 saturated heterocycles. The molecule has 1 atom stereocenters. The van der Waals surface area contributed by atoms with Crippen LogP contribution in [0.5, 0.6) is 5.88 Å². The number of halogens is 3. The highest BCUT2D eigenvalue weighted by atomic mass is 19.3. The van der Waals surface area contributed by atoms with Crippen molar-refractivity contribution in [3.63, 3.8) is 0 Å². The van der Waals surface area contributed by atoms with Gasteiger partial charge in [0.2, 0.25) is 0 Å². The molecule has 0 amide bonds. The van der Waals surface area contributed by atoms with Gasteiger partial charge in [0, 0.05) is 11.7 Å². The van der Waals surface area contributed by atoms with E-state index in [1.54, 1.807) is 0 Å². The molecule has 0 aliphatic carbocycles. The van der Waals surface area contributed by atoms with E-state index in [0.717, 1.165) is 13.0 Å². The van der Waals surface area contributed by atoms with Crippen LogP contribution >= 0.6 is 0 Å². The number of hydrogen-bond donors (Lipinski definition) is 0. The molecule has 0 bridgehead atoms. The SMILES string of the molecule is CC(Oc1ncc(B2OC(C)(C)C(C)(C)O2)cc1F)C(F)F. The van der Waals surface area contributed by atoms with Crippen LogP contribution in [0.2, 0.25) is 0 Å². The van der Waals surface area contributed by atoms with Crippen LogP contribution in [0.4, 0.5) is 13.2 Å². The zero-order valence-electron chi connectivity index (χ0n) is 13.2. The minimum absolute atomic E-state index is 0.369. The first-order valence-corrected chi connectivity index (χ1v) is 6.99. The third-order valence-electron chi connectivity index (χ3n) is 4.01. The largest absolute Gasteiger partial charge is 0.496 e. The summed E-state index contributed by atoms with van der Waals surface area (Å²) in [7, 11) is -0.770. The van der Waals surface area contributed by atoms with Crippen molar-refractivity contribution in [2.45, 2.75) is 58.4 Å². The molecule has 4 nitrogen and oxygen atoms in total. The predicted molar refractivity (Wildman–Crippen MR) is 76.0 cm³/mol. The van der Waals surface area contributed by atoms with Crippen molar-refractivity contribution in [3.8, 4) is 5.88 Å². The van der Waals surface area contributed by atoms with Crippen LogP contribution in [0.3, 0.4) is 0 Å². The van der Waals surface area contributed by atoms with Gasteiger partial charge in [-0.2, -0.15) is 0 Å². The lowest BCUT2D eigenvalue weighted by Gasteiger charge is -2.32. The molecule has 122 valence electrons. The van der Waals surface area contributed by atoms with Crippen LogP contribution in [-0.4, -0.2) is 35.8 Å². The van der Waals surface area contributed by atoms with E-state index < -0.39 is 42.5 Å². The Labute approximate surface area is 128 Å². The zero-order valence-corrected chi connectivity index (χ0v) is 13.2. The van der Waals surface area contributed by atoms with Crippen LogP contribution in [0, 0.1) is 5.82 Å². The highest BCUT2D eigenvalue weighted by molar-refractivity contribution is 6.62. The van der Waals surface area contributed by atoms with Gasteiger partial charge in [-0.05, 0) is 40.7 Å². The van der Waals surface area contributed by atoms with Crippen molar-refractivity contribution < 1.29 is 27.2 Å². The fourth-order valence-electron chi connectivity index (χ4n) is 1.86. The third kappa shape index (κ3) is 3.22. The molecule has 2 rings (SSSR count). The Morgan fingerprint density at radius 3 is 2.18 bits per heavy atom. The van der Waals surface area contributed by atoms with Gasteiger partial charge in [0.15, 0.2) is 11.9 Å². The Kier molecular flexibility index (Phi) is 4.45. The molecule has 1 unspecified atom stereocenters. The molecule has 1 aliphatic rings. The fourth-order valence-corrected chi connectivity index (χ4v) is 1.86. The van der Waals surface area contributed by atoms with Gasteiger partial charge in [-0.25, -0.2) is 18.2 Å². The molecule has 0 aromatic carbocycles. The van der Waals surface area contributed by atoms with Crippen molar-refractivity contribution in [2.75, 3.05) is 0 Å². The average molecular weight is 317 g/mol. The van der Waals surface area contributed by atoms with Gasteiger partial charge >= 0.3 is 7.12 Å². The summed E-state index contributed by atoms with van der Waals surface area (Å²) >= 11 is 0. The topological polar surface area (TPSA) is 40.6 Å². The van der Waals surface area contributed by atoms with Crippen molar-refractivity contribution in [1.29, 1.82) is 0 Å². The first-order chi connectivity index (χ1) is 10.0. The monoisotopic (exact) mass is 317 g/mol. The van der Waals surface area contributed by atoms with Gasteiger partial charge in [0.25, 0.3) is 12.3 Å². The van der Waals surface area contributed by atoms with Gasteiger partial charge < -0.3 is 14.0 Å². The number of rotatable bonds is 4. The lowest BCUT2D eigenvalue weighted by molar-refractivity contribution is 0.00578. The first-order valence-electron chi connectivity index (χ1n) is 6.99. The quantitative estimate of drug-likeness (QED) is 0.800. The summed E-state index contributed by atoms with van der Waals surface area (Å²) < 4.78 is 55.2. The molecule has 1 fully saturated rings. The molecule has 0 radical (unpaired) electrons. The smallest absolute Gasteiger partial charge is 0.466 e. The van der Waals surface area contributed by atoms with Crippen LogP contribution < -0.4 is 10.2 Å². The van der Waals surface area contributed by atoms with E-state index in [1.165, 1.54) is 6.20 Å². The van der Waals surface area contributed by atoms with E-state index >= 15 is 0 Å². The molecular formula is C14H19BF3NO3. The van der Waals surface area contributed by atoms with E-state index in [9.17, 15) is 13.2 Å². The maximum Gasteiger partial charge on any atom is 0.496 e. The summed E-state index contributed by atoms with van der Waals surface area (Å²) in [5.74, 6) is -1.30. The molecule has 0 spiro atoms. The maximum atomic E-state index is 14.0. The summed E-state index contributed by atoms with van der Waals surface area (Å²) in [4.78, 5) is 3.75. The first kappa shape index (κ1) is 17.1. The summed E-state index contributed by atoms with van der Waals surface area (Å²) in [5.41, 5.74) is -0.755. The van der Waals surface area contributed by atoms with Gasteiger partial charge in [-0.1, -0.05) is 0 Å². The van der Waals surface area contributed by atoms with Crippen molar-refractivity contribution in [2.24, 2.45) is 0 Å². The molecule has 0 N–H and O–H groups in total. The maximum absolute atomic E-state index is 14.0. The lowest BCUT2D eigenvalue weighted by atomic mass is 9.80. The number of pyridine rings is 1. The van der Waals surface area contributed by atoms with Crippen molar-refractivity contribution >= 4 is 12.6 Å². The van der Waals surface area contributed by atoms with Gasteiger partial charge in [-0.15, -0.1) is 0 Å². The van der Waals surface area contributed by atoms with Crippen LogP contribution in [0.1, 0.15) is 34.6 Å². The van der Waals surface area contributed by atoms with Crippen molar-refractivity contribution in [3.05, 3.63) is 18.1 Å². The van der Waals surface area contributed by atoms with Crippen molar-refractivity contribution in [1.82, 2.24) is 4.98 Å². The van der Waals surface area contributed by atoms with E-state index in [1.807, 2.05) is 27.7 Å². The third-order valence-corrected chi connectivity index (χ3v) is 4.01. The number of aromatic nitrogens is 1. The number of nitrogens with zero attached hydrogens (tertiary/aromatic N) is 1. The second-order valence-electron chi connectivity index (χ2n) is 6.30. The average Bonchev–Trinajstić information content (AvgIpc) is 2.60. The Hall–Kier alpha value is -1.28. The summed E-state index contributed by atoms with van der Waals surface area (Å²) in [5, 5.41) is 0. The Morgan fingerprint density at radius 2 is 1.73 bits per heavy atom. The van der Waals surface area contributed by atoms with Crippen LogP contribution in [-0.2, 0) is 9.31 Å². The van der Waals surface area contributed by atoms with E-state index in [4.69, 9.17) is 14.0 Å². The highest BCUT2D eigenvalue weighted by Gasteiger charge is 2.52. The molecule has 2 heterocycles. The van der Waals surface area contributed by atoms with Gasteiger partial charge in [-0.3, -0.25) is 0 Å². The zero-order chi connectivity index (χ0) is 16.7. The van der Waals surface area contributed by atoms with E-state index in [0.29, 0.717) is 5.46 Å². The predicted octanol–water partition coefficient (Wildman–Crippen LogP) is 2.55. The number of ether oxygens (including phenoxy) is 1. The Morgan fingerprint density at radius 1 is 1.18 bits per heavy atom. The lowest BCUT2D eigenvalue weighted by Crippen LogP contribution is -2.41. The standard InChI is InChI=1S/C14H19BF3NO3/c1-8(11(17)18)20-12-10(16)6-9(7-19-12)15-21-13(2,3)14(4,5)22-15/h6-8,11H,1-5H3.